The van der Waals surface area contributed by atoms with E-state index >= 15 is 0 Å². The Hall–Kier alpha value is -4.80. The molecule has 2 nitrogen and oxygen atoms in total. The quantitative estimate of drug-likeness (QED) is 0.161. The molecule has 0 bridgehead atoms. The van der Waals surface area contributed by atoms with Crippen LogP contribution in [0.5, 0.6) is 0 Å². The molecule has 2 aliphatic heterocycles. The minimum Gasteiger partial charge on any atom is -0.311 e. The van der Waals surface area contributed by atoms with Gasteiger partial charge in [-0.15, -0.1) is 11.3 Å². The van der Waals surface area contributed by atoms with Gasteiger partial charge < -0.3 is 9.80 Å². The monoisotopic (exact) mass is 804 g/mol. The Bertz CT molecular complexity index is 2890. The molecule has 3 aliphatic rings. The van der Waals surface area contributed by atoms with Crippen molar-refractivity contribution in [2.24, 2.45) is 0 Å². The normalized spacial score (nSPS) is 16.8. The molecule has 3 heterocycles. The molecule has 4 heteroatoms. The molecule has 1 aromatic heterocycles. The Kier molecular flexibility index (Phi) is 8.44. The van der Waals surface area contributed by atoms with Gasteiger partial charge in [0.15, 0.2) is 0 Å². The van der Waals surface area contributed by atoms with Gasteiger partial charge in [0.1, 0.15) is 0 Å². The Morgan fingerprint density at radius 2 is 1.10 bits per heavy atom. The van der Waals surface area contributed by atoms with Crippen LogP contribution in [0.25, 0.3) is 20.9 Å². The van der Waals surface area contributed by atoms with Crippen LogP contribution in [0.2, 0.25) is 0 Å². The molecule has 0 amide bonds. The zero-order chi connectivity index (χ0) is 42.5. The van der Waals surface area contributed by atoms with Crippen molar-refractivity contribution in [1.29, 1.82) is 0 Å². The molecule has 304 valence electrons. The summed E-state index contributed by atoms with van der Waals surface area (Å²) >= 11 is 2.01. The summed E-state index contributed by atoms with van der Waals surface area (Å²) in [7, 11) is 0. The molecule has 60 heavy (non-hydrogen) atoms. The fraction of sp³-hybridized carbons (Fsp3) is 0.357. The van der Waals surface area contributed by atoms with Gasteiger partial charge in [0.05, 0.1) is 5.69 Å². The SMILES string of the molecule is CC(C)(C)c1ccc(N2c3ccc(C(C)(C)C)cc3B3c4sc5cc6ccc(C(C)(C)C)cc6cc5c4N(c4ccc5c(c4)C(C)(C)CCC5(C)C)c4cccc2c43)cc1. The predicted molar refractivity (Wildman–Crippen MR) is 265 cm³/mol. The van der Waals surface area contributed by atoms with Gasteiger partial charge in [0.2, 0.25) is 0 Å². The van der Waals surface area contributed by atoms with E-state index < -0.39 is 0 Å². The van der Waals surface area contributed by atoms with Gasteiger partial charge in [-0.3, -0.25) is 0 Å². The van der Waals surface area contributed by atoms with Crippen molar-refractivity contribution >= 4 is 88.7 Å². The summed E-state index contributed by atoms with van der Waals surface area (Å²) in [5.74, 6) is 0. The summed E-state index contributed by atoms with van der Waals surface area (Å²) in [5.41, 5.74) is 17.9. The summed E-state index contributed by atoms with van der Waals surface area (Å²) in [6, 6.07) is 43.4. The van der Waals surface area contributed by atoms with Crippen LogP contribution < -0.4 is 25.5 Å². The first-order valence-electron chi connectivity index (χ1n) is 22.3. The van der Waals surface area contributed by atoms with Crippen molar-refractivity contribution in [3.63, 3.8) is 0 Å². The number of nitrogens with zero attached hydrogens (tertiary/aromatic N) is 2. The van der Waals surface area contributed by atoms with Gasteiger partial charge in [-0.1, -0.05) is 145 Å². The first-order chi connectivity index (χ1) is 28.1. The van der Waals surface area contributed by atoms with E-state index in [4.69, 9.17) is 0 Å². The summed E-state index contributed by atoms with van der Waals surface area (Å²) in [4.78, 5) is 5.22. The van der Waals surface area contributed by atoms with Crippen LogP contribution in [0.15, 0.2) is 109 Å². The average molecular weight is 805 g/mol. The standard InChI is InChI=1S/C56H61BN2S/c1-52(2,3)36-19-22-39(23-20-36)58-45-26-21-38(54(7,8)9)32-44(45)57-49-46(58)15-14-16-47(49)59(40-24-25-42-43(33-40)56(12,13)28-27-55(42,10)11)50-41-30-35-29-37(53(4,5)6)18-17-34(35)31-48(41)60-51(50)57/h14-26,29-33H,27-28H2,1-13H3. The zero-order valence-corrected chi connectivity index (χ0v) is 39.0. The van der Waals surface area contributed by atoms with Crippen LogP contribution in [0.1, 0.15) is 131 Å². The molecule has 0 N–H and O–H groups in total. The van der Waals surface area contributed by atoms with E-state index in [2.05, 4.69) is 209 Å². The van der Waals surface area contributed by atoms with Crippen molar-refractivity contribution in [3.8, 4) is 0 Å². The molecule has 7 aromatic rings. The average Bonchev–Trinajstić information content (AvgIpc) is 3.55. The Morgan fingerprint density at radius 1 is 0.517 bits per heavy atom. The summed E-state index contributed by atoms with van der Waals surface area (Å²) < 4.78 is 2.78. The van der Waals surface area contributed by atoms with E-state index in [0.717, 1.165) is 0 Å². The number of hydrogen-bond acceptors (Lipinski definition) is 3. The number of anilines is 6. The lowest BCUT2D eigenvalue weighted by Gasteiger charge is -2.45. The molecule has 0 radical (unpaired) electrons. The van der Waals surface area contributed by atoms with Crippen LogP contribution in [0.3, 0.4) is 0 Å². The van der Waals surface area contributed by atoms with Crippen molar-refractivity contribution in [1.82, 2.24) is 0 Å². The fourth-order valence-electron chi connectivity index (χ4n) is 10.5. The first-order valence-corrected chi connectivity index (χ1v) is 23.1. The second-order valence-corrected chi connectivity index (χ2v) is 23.7. The lowest BCUT2D eigenvalue weighted by Crippen LogP contribution is -2.60. The van der Waals surface area contributed by atoms with E-state index in [1.54, 1.807) is 0 Å². The number of thiophene rings is 1. The van der Waals surface area contributed by atoms with Crippen molar-refractivity contribution < 1.29 is 0 Å². The van der Waals surface area contributed by atoms with Crippen LogP contribution >= 0.6 is 11.3 Å². The van der Waals surface area contributed by atoms with Gasteiger partial charge in [-0.25, -0.2) is 0 Å². The molecule has 0 spiro atoms. The smallest absolute Gasteiger partial charge is 0.264 e. The van der Waals surface area contributed by atoms with Crippen molar-refractivity contribution in [3.05, 3.63) is 137 Å². The van der Waals surface area contributed by atoms with E-state index in [1.807, 2.05) is 11.3 Å². The highest BCUT2D eigenvalue weighted by atomic mass is 32.1. The predicted octanol–water partition coefficient (Wildman–Crippen LogP) is 14.4. The zero-order valence-electron chi connectivity index (χ0n) is 38.2. The minimum atomic E-state index is 0.00387. The highest BCUT2D eigenvalue weighted by Crippen LogP contribution is 2.52. The number of benzene rings is 6. The van der Waals surface area contributed by atoms with Crippen LogP contribution in [-0.4, -0.2) is 6.71 Å². The summed E-state index contributed by atoms with van der Waals surface area (Å²) in [5, 5.41) is 3.96. The number of hydrogen-bond donors (Lipinski definition) is 0. The first kappa shape index (κ1) is 39.3. The van der Waals surface area contributed by atoms with Crippen LogP contribution in [0.4, 0.5) is 34.1 Å². The van der Waals surface area contributed by atoms with Crippen LogP contribution in [0, 0.1) is 0 Å². The Balaban J connectivity index is 1.30. The molecule has 0 fully saturated rings. The maximum atomic E-state index is 2.67. The van der Waals surface area contributed by atoms with Crippen LogP contribution in [-0.2, 0) is 27.1 Å². The third-order valence-electron chi connectivity index (χ3n) is 14.4. The lowest BCUT2D eigenvalue weighted by molar-refractivity contribution is 0.332. The fourth-order valence-corrected chi connectivity index (χ4v) is 11.8. The molecule has 0 unspecified atom stereocenters. The number of fused-ring (bicyclic) bond motifs is 8. The topological polar surface area (TPSA) is 6.48 Å². The molecule has 0 saturated carbocycles. The summed E-state index contributed by atoms with van der Waals surface area (Å²) in [6.45, 7) is 30.8. The molecule has 0 atom stereocenters. The second kappa shape index (κ2) is 12.9. The third-order valence-corrected chi connectivity index (χ3v) is 15.6. The van der Waals surface area contributed by atoms with Gasteiger partial charge in [0.25, 0.3) is 6.71 Å². The Morgan fingerprint density at radius 3 is 1.77 bits per heavy atom. The van der Waals surface area contributed by atoms with Gasteiger partial charge >= 0.3 is 0 Å². The lowest BCUT2D eigenvalue weighted by atomic mass is 9.36. The Labute approximate surface area is 363 Å². The highest BCUT2D eigenvalue weighted by molar-refractivity contribution is 7.33. The maximum absolute atomic E-state index is 2.67. The molecular weight excluding hydrogens is 744 g/mol. The highest BCUT2D eigenvalue weighted by Gasteiger charge is 2.46. The number of rotatable bonds is 2. The largest absolute Gasteiger partial charge is 0.311 e. The summed E-state index contributed by atoms with van der Waals surface area (Å²) in [6.07, 6.45) is 2.39. The molecule has 6 aromatic carbocycles. The third kappa shape index (κ3) is 6.02. The van der Waals surface area contributed by atoms with E-state index in [1.165, 1.54) is 111 Å². The van der Waals surface area contributed by atoms with Gasteiger partial charge in [-0.2, -0.15) is 0 Å². The molecule has 0 saturated heterocycles. The maximum Gasteiger partial charge on any atom is 0.264 e. The van der Waals surface area contributed by atoms with Crippen molar-refractivity contribution in [2.45, 2.75) is 130 Å². The molecule has 10 rings (SSSR count). The van der Waals surface area contributed by atoms with E-state index in [-0.39, 0.29) is 33.8 Å². The molecule has 1 aliphatic carbocycles. The van der Waals surface area contributed by atoms with Gasteiger partial charge in [-0.05, 0) is 144 Å². The van der Waals surface area contributed by atoms with E-state index in [9.17, 15) is 0 Å². The molecular formula is C56H61BN2S. The second-order valence-electron chi connectivity index (χ2n) is 22.6. The van der Waals surface area contributed by atoms with E-state index in [0.29, 0.717) is 0 Å². The van der Waals surface area contributed by atoms with Gasteiger partial charge in [0, 0.05) is 43.3 Å². The minimum absolute atomic E-state index is 0.00387. The van der Waals surface area contributed by atoms with Crippen molar-refractivity contribution in [2.75, 3.05) is 9.80 Å².